The van der Waals surface area contributed by atoms with Crippen LogP contribution in [0.3, 0.4) is 0 Å². The number of fused-ring (bicyclic) bond motifs is 1. The van der Waals surface area contributed by atoms with Crippen molar-refractivity contribution < 1.29 is 4.79 Å². The van der Waals surface area contributed by atoms with Gasteiger partial charge in [0.05, 0.1) is 17.6 Å². The first kappa shape index (κ1) is 16.3. The van der Waals surface area contributed by atoms with Crippen LogP contribution in [0.15, 0.2) is 58.2 Å². The van der Waals surface area contributed by atoms with Crippen molar-refractivity contribution in [3.8, 4) is 0 Å². The van der Waals surface area contributed by atoms with E-state index in [2.05, 4.69) is 31.3 Å². The Morgan fingerprint density at radius 3 is 2.75 bits per heavy atom. The molecule has 1 aromatic carbocycles. The number of nitrogens with zero attached hydrogens (tertiary/aromatic N) is 3. The molecule has 1 N–H and O–H groups in total. The molecule has 0 bridgehead atoms. The van der Waals surface area contributed by atoms with Gasteiger partial charge in [0, 0.05) is 22.3 Å². The molecule has 7 heteroatoms. The summed E-state index contributed by atoms with van der Waals surface area (Å²) in [4.78, 5) is 28.5. The van der Waals surface area contributed by atoms with E-state index in [9.17, 15) is 9.59 Å². The highest BCUT2D eigenvalue weighted by molar-refractivity contribution is 9.10. The van der Waals surface area contributed by atoms with E-state index >= 15 is 0 Å². The molecule has 3 aromatic rings. The molecule has 0 spiro atoms. The number of amides is 1. The minimum absolute atomic E-state index is 0.127. The van der Waals surface area contributed by atoms with E-state index in [0.29, 0.717) is 10.8 Å². The molecule has 122 valence electrons. The Balaban J connectivity index is 1.74. The third-order valence-corrected chi connectivity index (χ3v) is 4.22. The first-order valence-electron chi connectivity index (χ1n) is 7.39. The number of hydrogen-bond acceptors (Lipinski definition) is 4. The van der Waals surface area contributed by atoms with Crippen LogP contribution in [0.4, 0.5) is 0 Å². The van der Waals surface area contributed by atoms with Crippen LogP contribution >= 0.6 is 15.9 Å². The van der Waals surface area contributed by atoms with Crippen LogP contribution in [0, 0.1) is 0 Å². The number of halogens is 1. The standard InChI is InChI=1S/C17H15BrN4O2/c1-11(12-2-4-14(18)5-3-12)21-16(23)10-22-17(24)15-6-7-19-8-13(15)9-20-22/h2-9,11H,10H2,1H3,(H,21,23)/t11-/m0/s1. The SMILES string of the molecule is C[C@H](NC(=O)Cn1ncc2cnccc2c1=O)c1ccc(Br)cc1. The smallest absolute Gasteiger partial charge is 0.275 e. The lowest BCUT2D eigenvalue weighted by Gasteiger charge is -2.15. The maximum atomic E-state index is 12.3. The lowest BCUT2D eigenvalue weighted by molar-refractivity contribution is -0.122. The average Bonchev–Trinajstić information content (AvgIpc) is 2.58. The van der Waals surface area contributed by atoms with Gasteiger partial charge in [0.25, 0.3) is 5.56 Å². The van der Waals surface area contributed by atoms with Crippen LogP contribution in [0.5, 0.6) is 0 Å². The van der Waals surface area contributed by atoms with Gasteiger partial charge in [-0.15, -0.1) is 0 Å². The summed E-state index contributed by atoms with van der Waals surface area (Å²) in [7, 11) is 0. The van der Waals surface area contributed by atoms with Crippen molar-refractivity contribution in [1.82, 2.24) is 20.1 Å². The quantitative estimate of drug-likeness (QED) is 0.746. The molecule has 0 aliphatic rings. The summed E-state index contributed by atoms with van der Waals surface area (Å²) < 4.78 is 2.14. The normalized spacial score (nSPS) is 12.1. The van der Waals surface area contributed by atoms with Crippen molar-refractivity contribution in [1.29, 1.82) is 0 Å². The Bertz CT molecular complexity index is 937. The highest BCUT2D eigenvalue weighted by atomic mass is 79.9. The molecule has 1 atom stereocenters. The molecular weight excluding hydrogens is 372 g/mol. The van der Waals surface area contributed by atoms with Gasteiger partial charge in [0.2, 0.25) is 5.91 Å². The number of carbonyl (C=O) groups is 1. The molecule has 0 aliphatic carbocycles. The van der Waals surface area contributed by atoms with Gasteiger partial charge in [-0.25, -0.2) is 4.68 Å². The van der Waals surface area contributed by atoms with Crippen molar-refractivity contribution in [2.24, 2.45) is 0 Å². The van der Waals surface area contributed by atoms with Gasteiger partial charge in [-0.2, -0.15) is 5.10 Å². The number of nitrogens with one attached hydrogen (secondary N) is 1. The third-order valence-electron chi connectivity index (χ3n) is 3.69. The van der Waals surface area contributed by atoms with E-state index in [1.54, 1.807) is 18.5 Å². The van der Waals surface area contributed by atoms with Crippen molar-refractivity contribution in [3.63, 3.8) is 0 Å². The molecule has 2 aromatic heterocycles. The predicted octanol–water partition coefficient (Wildman–Crippen LogP) is 2.43. The third kappa shape index (κ3) is 3.51. The number of pyridine rings is 1. The Morgan fingerprint density at radius 1 is 1.25 bits per heavy atom. The van der Waals surface area contributed by atoms with E-state index in [1.807, 2.05) is 31.2 Å². The number of aromatic nitrogens is 3. The highest BCUT2D eigenvalue weighted by Gasteiger charge is 2.12. The van der Waals surface area contributed by atoms with Crippen molar-refractivity contribution >= 4 is 32.6 Å². The second-order valence-electron chi connectivity index (χ2n) is 5.41. The molecule has 0 radical (unpaired) electrons. The first-order valence-corrected chi connectivity index (χ1v) is 8.18. The molecule has 3 rings (SSSR count). The van der Waals surface area contributed by atoms with Crippen LogP contribution in [0.1, 0.15) is 18.5 Å². The summed E-state index contributed by atoms with van der Waals surface area (Å²) >= 11 is 3.38. The Morgan fingerprint density at radius 2 is 2.00 bits per heavy atom. The fourth-order valence-electron chi connectivity index (χ4n) is 2.40. The van der Waals surface area contributed by atoms with E-state index in [1.165, 1.54) is 6.20 Å². The molecule has 0 aliphatic heterocycles. The molecule has 0 unspecified atom stereocenters. The topological polar surface area (TPSA) is 76.9 Å². The minimum atomic E-state index is -0.304. The lowest BCUT2D eigenvalue weighted by atomic mass is 10.1. The summed E-state index contributed by atoms with van der Waals surface area (Å²) in [5, 5.41) is 8.06. The predicted molar refractivity (Wildman–Crippen MR) is 94.5 cm³/mol. The lowest BCUT2D eigenvalue weighted by Crippen LogP contribution is -2.34. The van der Waals surface area contributed by atoms with E-state index in [4.69, 9.17) is 0 Å². The van der Waals surface area contributed by atoms with Gasteiger partial charge in [-0.05, 0) is 30.7 Å². The van der Waals surface area contributed by atoms with Crippen LogP contribution < -0.4 is 10.9 Å². The van der Waals surface area contributed by atoms with Gasteiger partial charge in [-0.3, -0.25) is 14.6 Å². The monoisotopic (exact) mass is 386 g/mol. The van der Waals surface area contributed by atoms with Gasteiger partial charge in [0.15, 0.2) is 0 Å². The largest absolute Gasteiger partial charge is 0.348 e. The van der Waals surface area contributed by atoms with Gasteiger partial charge < -0.3 is 5.32 Å². The fraction of sp³-hybridized carbons (Fsp3) is 0.176. The number of rotatable bonds is 4. The number of hydrogen-bond donors (Lipinski definition) is 1. The van der Waals surface area contributed by atoms with Crippen LogP contribution in [0.25, 0.3) is 10.8 Å². The summed E-state index contributed by atoms with van der Waals surface area (Å²) in [5.74, 6) is -0.270. The van der Waals surface area contributed by atoms with Crippen molar-refractivity contribution in [2.45, 2.75) is 19.5 Å². The van der Waals surface area contributed by atoms with Crippen molar-refractivity contribution in [3.05, 3.63) is 69.3 Å². The molecular formula is C17H15BrN4O2. The van der Waals surface area contributed by atoms with E-state index in [0.717, 1.165) is 14.7 Å². The van der Waals surface area contributed by atoms with E-state index < -0.39 is 0 Å². The molecule has 0 saturated heterocycles. The van der Waals surface area contributed by atoms with Gasteiger partial charge in [-0.1, -0.05) is 28.1 Å². The summed E-state index contributed by atoms with van der Waals surface area (Å²) in [6.07, 6.45) is 4.66. The highest BCUT2D eigenvalue weighted by Crippen LogP contribution is 2.16. The van der Waals surface area contributed by atoms with Crippen molar-refractivity contribution in [2.75, 3.05) is 0 Å². The summed E-state index contributed by atoms with van der Waals surface area (Å²) in [6.45, 7) is 1.77. The van der Waals surface area contributed by atoms with Crippen LogP contribution in [-0.4, -0.2) is 20.7 Å². The minimum Gasteiger partial charge on any atom is -0.348 e. The van der Waals surface area contributed by atoms with E-state index in [-0.39, 0.29) is 24.1 Å². The summed E-state index contributed by atoms with van der Waals surface area (Å²) in [5.41, 5.74) is 0.679. The molecule has 1 amide bonds. The zero-order chi connectivity index (χ0) is 17.1. The first-order chi connectivity index (χ1) is 11.5. The van der Waals surface area contributed by atoms with Crippen LogP contribution in [0.2, 0.25) is 0 Å². The second kappa shape index (κ2) is 6.92. The molecule has 24 heavy (non-hydrogen) atoms. The zero-order valence-electron chi connectivity index (χ0n) is 12.9. The fourth-order valence-corrected chi connectivity index (χ4v) is 2.66. The Kier molecular flexibility index (Phi) is 4.71. The Labute approximate surface area is 146 Å². The average molecular weight is 387 g/mol. The Hall–Kier alpha value is -2.54. The zero-order valence-corrected chi connectivity index (χ0v) is 14.5. The van der Waals surface area contributed by atoms with Gasteiger partial charge in [0.1, 0.15) is 6.54 Å². The second-order valence-corrected chi connectivity index (χ2v) is 6.33. The maximum absolute atomic E-state index is 12.3. The molecule has 0 fully saturated rings. The number of benzene rings is 1. The molecule has 2 heterocycles. The van der Waals surface area contributed by atoms with Gasteiger partial charge >= 0.3 is 0 Å². The molecule has 6 nitrogen and oxygen atoms in total. The molecule has 0 saturated carbocycles. The maximum Gasteiger partial charge on any atom is 0.275 e. The number of carbonyl (C=O) groups excluding carboxylic acids is 1. The summed E-state index contributed by atoms with van der Waals surface area (Å²) in [6, 6.07) is 9.16. The van der Waals surface area contributed by atoms with Crippen LogP contribution in [-0.2, 0) is 11.3 Å².